The summed E-state index contributed by atoms with van der Waals surface area (Å²) in [6, 6.07) is 22.2. The second-order valence-corrected chi connectivity index (χ2v) is 7.77. The maximum absolute atomic E-state index is 13.3. The van der Waals surface area contributed by atoms with Gasteiger partial charge < -0.3 is 14.5 Å². The lowest BCUT2D eigenvalue weighted by Crippen LogP contribution is -2.34. The van der Waals surface area contributed by atoms with Gasteiger partial charge in [-0.05, 0) is 49.6 Å². The predicted octanol–water partition coefficient (Wildman–Crippen LogP) is 5.87. The first-order chi connectivity index (χ1) is 15.5. The van der Waals surface area contributed by atoms with Crippen molar-refractivity contribution in [3.8, 4) is 17.1 Å². The summed E-state index contributed by atoms with van der Waals surface area (Å²) in [5.74, 6) is 0.0397. The molecule has 4 aromatic rings. The Hall–Kier alpha value is -3.86. The van der Waals surface area contributed by atoms with Crippen LogP contribution in [0, 0.1) is 13.8 Å². The van der Waals surface area contributed by atoms with Gasteiger partial charge in [0.05, 0.1) is 5.39 Å². The van der Waals surface area contributed by atoms with Crippen LogP contribution in [-0.2, 0) is 4.79 Å². The van der Waals surface area contributed by atoms with Crippen LogP contribution < -0.4 is 15.5 Å². The van der Waals surface area contributed by atoms with Gasteiger partial charge in [-0.25, -0.2) is 0 Å². The minimum Gasteiger partial charge on any atom is -0.473 e. The number of carbonyl (C=O) groups excluding carboxylic acids is 1. The van der Waals surface area contributed by atoms with Crippen LogP contribution in [0.15, 0.2) is 82.0 Å². The fraction of sp³-hybridized carbons (Fsp3) is 0.185. The van der Waals surface area contributed by atoms with E-state index in [2.05, 4.69) is 5.32 Å². The standard InChI is InChI=1S/C27H25NO4/c1-4-22(27(30)28-21-16-17(2)14-15-18(21)3)31-26-24(29)20-12-8-9-13-23(20)32-25(26)19-10-6-5-7-11-19/h5-16,22H,4H2,1-3H3,(H,28,30). The first-order valence-corrected chi connectivity index (χ1v) is 10.6. The van der Waals surface area contributed by atoms with E-state index in [1.54, 1.807) is 18.2 Å². The summed E-state index contributed by atoms with van der Waals surface area (Å²) >= 11 is 0. The van der Waals surface area contributed by atoms with Crippen LogP contribution in [0.5, 0.6) is 5.75 Å². The summed E-state index contributed by atoms with van der Waals surface area (Å²) in [6.45, 7) is 5.75. The Balaban J connectivity index is 1.74. The Morgan fingerprint density at radius 3 is 2.47 bits per heavy atom. The number of ether oxygens (including phenoxy) is 1. The number of nitrogens with one attached hydrogen (secondary N) is 1. The molecule has 1 amide bonds. The zero-order chi connectivity index (χ0) is 22.7. The fourth-order valence-corrected chi connectivity index (χ4v) is 3.56. The van der Waals surface area contributed by atoms with E-state index in [1.165, 1.54) is 0 Å². The third-order valence-corrected chi connectivity index (χ3v) is 5.37. The minimum absolute atomic E-state index is 0.0397. The molecule has 1 unspecified atom stereocenters. The number of amides is 1. The highest BCUT2D eigenvalue weighted by molar-refractivity contribution is 5.95. The third-order valence-electron chi connectivity index (χ3n) is 5.37. The molecule has 1 aromatic heterocycles. The smallest absolute Gasteiger partial charge is 0.265 e. The lowest BCUT2D eigenvalue weighted by atomic mass is 10.1. The Morgan fingerprint density at radius 1 is 1.00 bits per heavy atom. The van der Waals surface area contributed by atoms with Crippen molar-refractivity contribution in [2.24, 2.45) is 0 Å². The molecule has 3 aromatic carbocycles. The monoisotopic (exact) mass is 427 g/mol. The molecule has 0 radical (unpaired) electrons. The van der Waals surface area contributed by atoms with Gasteiger partial charge in [0, 0.05) is 11.3 Å². The number of carbonyl (C=O) groups is 1. The van der Waals surface area contributed by atoms with Crippen molar-refractivity contribution in [1.29, 1.82) is 0 Å². The van der Waals surface area contributed by atoms with Crippen LogP contribution in [0.2, 0.25) is 0 Å². The number of hydrogen-bond acceptors (Lipinski definition) is 4. The molecule has 1 heterocycles. The predicted molar refractivity (Wildman–Crippen MR) is 127 cm³/mol. The fourth-order valence-electron chi connectivity index (χ4n) is 3.56. The molecule has 0 fully saturated rings. The normalized spacial score (nSPS) is 11.8. The molecule has 4 rings (SSSR count). The molecule has 5 heteroatoms. The summed E-state index contributed by atoms with van der Waals surface area (Å²) < 4.78 is 12.2. The topological polar surface area (TPSA) is 68.5 Å². The van der Waals surface area contributed by atoms with Crippen LogP contribution in [0.3, 0.4) is 0 Å². The van der Waals surface area contributed by atoms with E-state index in [-0.39, 0.29) is 17.1 Å². The zero-order valence-corrected chi connectivity index (χ0v) is 18.3. The highest BCUT2D eigenvalue weighted by atomic mass is 16.5. The van der Waals surface area contributed by atoms with Gasteiger partial charge in [-0.3, -0.25) is 9.59 Å². The summed E-state index contributed by atoms with van der Waals surface area (Å²) in [7, 11) is 0. The molecule has 32 heavy (non-hydrogen) atoms. The summed E-state index contributed by atoms with van der Waals surface area (Å²) in [5, 5.41) is 3.35. The molecule has 1 atom stereocenters. The highest BCUT2D eigenvalue weighted by Crippen LogP contribution is 2.31. The van der Waals surface area contributed by atoms with Crippen molar-refractivity contribution in [3.63, 3.8) is 0 Å². The number of anilines is 1. The van der Waals surface area contributed by atoms with Crippen molar-refractivity contribution in [1.82, 2.24) is 0 Å². The lowest BCUT2D eigenvalue weighted by Gasteiger charge is -2.19. The van der Waals surface area contributed by atoms with E-state index >= 15 is 0 Å². The quantitative estimate of drug-likeness (QED) is 0.418. The zero-order valence-electron chi connectivity index (χ0n) is 18.3. The number of para-hydroxylation sites is 1. The SMILES string of the molecule is CCC(Oc1c(-c2ccccc2)oc2ccccc2c1=O)C(=O)Nc1cc(C)ccc1C. The Bertz CT molecular complexity index is 1320. The maximum Gasteiger partial charge on any atom is 0.265 e. The van der Waals surface area contributed by atoms with Crippen LogP contribution in [0.25, 0.3) is 22.3 Å². The summed E-state index contributed by atoms with van der Waals surface area (Å²) in [6.07, 6.45) is -0.474. The van der Waals surface area contributed by atoms with Crippen LogP contribution in [0.1, 0.15) is 24.5 Å². The van der Waals surface area contributed by atoms with Gasteiger partial charge in [0.2, 0.25) is 11.2 Å². The van der Waals surface area contributed by atoms with Gasteiger partial charge in [-0.15, -0.1) is 0 Å². The molecule has 0 saturated heterocycles. The highest BCUT2D eigenvalue weighted by Gasteiger charge is 2.25. The molecule has 0 aliphatic rings. The van der Waals surface area contributed by atoms with E-state index in [0.717, 1.165) is 16.8 Å². The molecule has 0 saturated carbocycles. The number of rotatable bonds is 6. The van der Waals surface area contributed by atoms with E-state index in [9.17, 15) is 9.59 Å². The van der Waals surface area contributed by atoms with Crippen molar-refractivity contribution in [2.75, 3.05) is 5.32 Å². The van der Waals surface area contributed by atoms with Crippen molar-refractivity contribution >= 4 is 22.6 Å². The molecule has 0 bridgehead atoms. The molecule has 1 N–H and O–H groups in total. The van der Waals surface area contributed by atoms with Crippen molar-refractivity contribution in [3.05, 3.63) is 94.1 Å². The van der Waals surface area contributed by atoms with Gasteiger partial charge in [0.15, 0.2) is 11.9 Å². The van der Waals surface area contributed by atoms with Gasteiger partial charge in [-0.1, -0.05) is 61.5 Å². The molecular weight excluding hydrogens is 402 g/mol. The van der Waals surface area contributed by atoms with Crippen LogP contribution >= 0.6 is 0 Å². The second-order valence-electron chi connectivity index (χ2n) is 7.77. The summed E-state index contributed by atoms with van der Waals surface area (Å²) in [4.78, 5) is 26.4. The van der Waals surface area contributed by atoms with E-state index in [4.69, 9.17) is 9.15 Å². The van der Waals surface area contributed by atoms with Gasteiger partial charge in [-0.2, -0.15) is 0 Å². The van der Waals surface area contributed by atoms with E-state index in [0.29, 0.717) is 28.7 Å². The van der Waals surface area contributed by atoms with Crippen LogP contribution in [0.4, 0.5) is 5.69 Å². The van der Waals surface area contributed by atoms with E-state index in [1.807, 2.05) is 75.4 Å². The maximum atomic E-state index is 13.3. The second kappa shape index (κ2) is 9.10. The molecule has 162 valence electrons. The first-order valence-electron chi connectivity index (χ1n) is 10.6. The Morgan fingerprint density at radius 2 is 1.72 bits per heavy atom. The molecule has 0 aliphatic heterocycles. The van der Waals surface area contributed by atoms with Gasteiger partial charge in [0.25, 0.3) is 5.91 Å². The van der Waals surface area contributed by atoms with Crippen LogP contribution in [-0.4, -0.2) is 12.0 Å². The van der Waals surface area contributed by atoms with Crippen molar-refractivity contribution < 1.29 is 13.9 Å². The average molecular weight is 428 g/mol. The number of hydrogen-bond donors (Lipinski definition) is 1. The average Bonchev–Trinajstić information content (AvgIpc) is 2.81. The Kier molecular flexibility index (Phi) is 6.08. The first kappa shape index (κ1) is 21.4. The summed E-state index contributed by atoms with van der Waals surface area (Å²) in [5.41, 5.74) is 3.59. The van der Waals surface area contributed by atoms with Gasteiger partial charge >= 0.3 is 0 Å². The number of benzene rings is 3. The minimum atomic E-state index is -0.860. The molecule has 0 aliphatic carbocycles. The number of fused-ring (bicyclic) bond motifs is 1. The number of aryl methyl sites for hydroxylation is 2. The van der Waals surface area contributed by atoms with E-state index < -0.39 is 6.10 Å². The third kappa shape index (κ3) is 4.28. The van der Waals surface area contributed by atoms with Crippen molar-refractivity contribution in [2.45, 2.75) is 33.3 Å². The molecular formula is C27H25NO4. The molecule has 0 spiro atoms. The van der Waals surface area contributed by atoms with Gasteiger partial charge in [0.1, 0.15) is 5.58 Å². The molecule has 5 nitrogen and oxygen atoms in total. The largest absolute Gasteiger partial charge is 0.473 e. The Labute approximate surface area is 186 Å². The lowest BCUT2D eigenvalue weighted by molar-refractivity contribution is -0.122.